The summed E-state index contributed by atoms with van der Waals surface area (Å²) in [6.45, 7) is 2.07. The molecule has 0 atom stereocenters. The Morgan fingerprint density at radius 2 is 1.85 bits per heavy atom. The molecule has 80 valence electrons. The summed E-state index contributed by atoms with van der Waals surface area (Å²) in [5.74, 6) is 0.637. The molecule has 0 bridgehead atoms. The molecule has 0 aliphatic rings. The van der Waals surface area contributed by atoms with Crippen molar-refractivity contribution in [3.63, 3.8) is 0 Å². The first-order valence-electron chi connectivity index (χ1n) is 4.39. The van der Waals surface area contributed by atoms with Gasteiger partial charge in [0.15, 0.2) is 0 Å². The van der Waals surface area contributed by atoms with Gasteiger partial charge in [0.25, 0.3) is 0 Å². The average Bonchev–Trinajstić information content (AvgIpc) is 1.98. The molecule has 0 radical (unpaired) electrons. The summed E-state index contributed by atoms with van der Waals surface area (Å²) in [5, 5.41) is 0. The second-order valence-corrected chi connectivity index (χ2v) is 3.42. The van der Waals surface area contributed by atoms with Crippen molar-refractivity contribution in [2.24, 2.45) is 0 Å². The van der Waals surface area contributed by atoms with Gasteiger partial charge in [-0.2, -0.15) is 25.8 Å². The normalized spacial score (nSPS) is 12.5. The molecule has 5 heteroatoms. The summed E-state index contributed by atoms with van der Waals surface area (Å²) in [6, 6.07) is 0. The van der Waals surface area contributed by atoms with E-state index in [1.807, 2.05) is 6.92 Å². The van der Waals surface area contributed by atoms with E-state index < -0.39 is 12.7 Å². The molecule has 0 unspecified atom stereocenters. The monoisotopic (exact) mass is 215 g/mol. The van der Waals surface area contributed by atoms with Gasteiger partial charge in [0.1, 0.15) is 0 Å². The standard InChI is InChI=1S/C8H16F3NS/c1-2-4-12(5-3-6-13)7-8(9,10)11/h13H,2-7H2,1H3. The van der Waals surface area contributed by atoms with Crippen molar-refractivity contribution in [3.8, 4) is 0 Å². The SMILES string of the molecule is CCCN(CCCS)CC(F)(F)F. The fourth-order valence-corrected chi connectivity index (χ4v) is 1.28. The molecule has 0 aromatic heterocycles. The van der Waals surface area contributed by atoms with E-state index in [2.05, 4.69) is 12.6 Å². The molecule has 0 fully saturated rings. The molecular weight excluding hydrogens is 199 g/mol. The fourth-order valence-electron chi connectivity index (χ4n) is 1.13. The first-order chi connectivity index (χ1) is 5.99. The number of halogens is 3. The minimum atomic E-state index is -4.08. The zero-order chi connectivity index (χ0) is 10.3. The summed E-state index contributed by atoms with van der Waals surface area (Å²) >= 11 is 3.97. The highest BCUT2D eigenvalue weighted by Crippen LogP contribution is 2.16. The van der Waals surface area contributed by atoms with Crippen LogP contribution in [0.4, 0.5) is 13.2 Å². The van der Waals surface area contributed by atoms with Crippen molar-refractivity contribution in [3.05, 3.63) is 0 Å². The van der Waals surface area contributed by atoms with Gasteiger partial charge < -0.3 is 0 Å². The Balaban J connectivity index is 3.79. The lowest BCUT2D eigenvalue weighted by molar-refractivity contribution is -0.145. The van der Waals surface area contributed by atoms with Crippen molar-refractivity contribution < 1.29 is 13.2 Å². The molecule has 1 nitrogen and oxygen atoms in total. The first-order valence-corrected chi connectivity index (χ1v) is 5.02. The maximum absolute atomic E-state index is 12.0. The smallest absolute Gasteiger partial charge is 0.295 e. The summed E-state index contributed by atoms with van der Waals surface area (Å²) in [6.07, 6.45) is -2.62. The van der Waals surface area contributed by atoms with Crippen LogP contribution in [0, 0.1) is 0 Å². The van der Waals surface area contributed by atoms with Crippen molar-refractivity contribution in [1.82, 2.24) is 4.90 Å². The quantitative estimate of drug-likeness (QED) is 0.666. The van der Waals surface area contributed by atoms with E-state index in [-0.39, 0.29) is 0 Å². The van der Waals surface area contributed by atoms with Crippen LogP contribution in [0.3, 0.4) is 0 Å². The summed E-state index contributed by atoms with van der Waals surface area (Å²) in [4.78, 5) is 1.43. The number of nitrogens with zero attached hydrogens (tertiary/aromatic N) is 1. The Morgan fingerprint density at radius 3 is 2.23 bits per heavy atom. The van der Waals surface area contributed by atoms with Crippen LogP contribution in [0.1, 0.15) is 19.8 Å². The van der Waals surface area contributed by atoms with Gasteiger partial charge in [-0.15, -0.1) is 0 Å². The topological polar surface area (TPSA) is 3.24 Å². The first kappa shape index (κ1) is 13.1. The van der Waals surface area contributed by atoms with Gasteiger partial charge in [-0.3, -0.25) is 4.90 Å². The molecule has 0 aromatic rings. The minimum Gasteiger partial charge on any atom is -0.295 e. The van der Waals surface area contributed by atoms with Crippen LogP contribution in [0.25, 0.3) is 0 Å². The van der Waals surface area contributed by atoms with Crippen molar-refractivity contribution in [1.29, 1.82) is 0 Å². The summed E-state index contributed by atoms with van der Waals surface area (Å²) < 4.78 is 36.0. The number of rotatable bonds is 6. The van der Waals surface area contributed by atoms with E-state index in [1.54, 1.807) is 0 Å². The van der Waals surface area contributed by atoms with Gasteiger partial charge >= 0.3 is 6.18 Å². The van der Waals surface area contributed by atoms with Gasteiger partial charge in [-0.25, -0.2) is 0 Å². The molecule has 0 aromatic carbocycles. The van der Waals surface area contributed by atoms with Crippen LogP contribution in [-0.2, 0) is 0 Å². The summed E-state index contributed by atoms with van der Waals surface area (Å²) in [5.41, 5.74) is 0. The Bertz CT molecular complexity index is 127. The molecule has 0 N–H and O–H groups in total. The zero-order valence-electron chi connectivity index (χ0n) is 7.77. The zero-order valence-corrected chi connectivity index (χ0v) is 8.67. The van der Waals surface area contributed by atoms with Gasteiger partial charge in [0.2, 0.25) is 0 Å². The Labute approximate surface area is 82.7 Å². The van der Waals surface area contributed by atoms with Gasteiger partial charge in [0, 0.05) is 0 Å². The molecular formula is C8H16F3NS. The van der Waals surface area contributed by atoms with Crippen LogP contribution in [-0.4, -0.2) is 36.5 Å². The molecule has 0 spiro atoms. The predicted octanol–water partition coefficient (Wildman–Crippen LogP) is 2.58. The third-order valence-corrected chi connectivity index (χ3v) is 1.89. The molecule has 0 saturated carbocycles. The third kappa shape index (κ3) is 8.43. The number of hydrogen-bond acceptors (Lipinski definition) is 2. The van der Waals surface area contributed by atoms with E-state index in [1.165, 1.54) is 4.90 Å². The molecule has 0 rings (SSSR count). The van der Waals surface area contributed by atoms with Crippen LogP contribution >= 0.6 is 12.6 Å². The van der Waals surface area contributed by atoms with Gasteiger partial charge in [-0.1, -0.05) is 6.92 Å². The highest BCUT2D eigenvalue weighted by Gasteiger charge is 2.29. The van der Waals surface area contributed by atoms with Crippen LogP contribution in [0.5, 0.6) is 0 Å². The van der Waals surface area contributed by atoms with E-state index in [9.17, 15) is 13.2 Å². The van der Waals surface area contributed by atoms with Crippen LogP contribution < -0.4 is 0 Å². The molecule has 0 aliphatic carbocycles. The fraction of sp³-hybridized carbons (Fsp3) is 1.00. The van der Waals surface area contributed by atoms with Crippen molar-refractivity contribution in [2.75, 3.05) is 25.4 Å². The Morgan fingerprint density at radius 1 is 1.23 bits per heavy atom. The van der Waals surface area contributed by atoms with Crippen molar-refractivity contribution >= 4 is 12.6 Å². The predicted molar refractivity (Wildman–Crippen MR) is 51.3 cm³/mol. The molecule has 0 amide bonds. The molecule has 13 heavy (non-hydrogen) atoms. The van der Waals surface area contributed by atoms with E-state index >= 15 is 0 Å². The third-order valence-electron chi connectivity index (χ3n) is 1.58. The largest absolute Gasteiger partial charge is 0.401 e. The number of hydrogen-bond donors (Lipinski definition) is 1. The highest BCUT2D eigenvalue weighted by atomic mass is 32.1. The lowest BCUT2D eigenvalue weighted by Gasteiger charge is -2.22. The average molecular weight is 215 g/mol. The Kier molecular flexibility index (Phi) is 6.59. The van der Waals surface area contributed by atoms with E-state index in [0.29, 0.717) is 25.3 Å². The van der Waals surface area contributed by atoms with E-state index in [4.69, 9.17) is 0 Å². The highest BCUT2D eigenvalue weighted by molar-refractivity contribution is 7.80. The van der Waals surface area contributed by atoms with Gasteiger partial charge in [-0.05, 0) is 31.7 Å². The lowest BCUT2D eigenvalue weighted by Crippen LogP contribution is -2.35. The molecule has 0 saturated heterocycles. The molecule has 0 heterocycles. The van der Waals surface area contributed by atoms with Crippen molar-refractivity contribution in [2.45, 2.75) is 25.9 Å². The second kappa shape index (κ2) is 6.54. The van der Waals surface area contributed by atoms with Crippen LogP contribution in [0.2, 0.25) is 0 Å². The summed E-state index contributed by atoms with van der Waals surface area (Å²) in [7, 11) is 0. The second-order valence-electron chi connectivity index (χ2n) is 2.97. The molecule has 0 aliphatic heterocycles. The number of thiol groups is 1. The van der Waals surface area contributed by atoms with Gasteiger partial charge in [0.05, 0.1) is 6.54 Å². The maximum Gasteiger partial charge on any atom is 0.401 e. The van der Waals surface area contributed by atoms with Crippen LogP contribution in [0.15, 0.2) is 0 Å². The number of alkyl halides is 3. The minimum absolute atomic E-state index is 0.483. The maximum atomic E-state index is 12.0. The van der Waals surface area contributed by atoms with E-state index in [0.717, 1.165) is 6.42 Å². The Hall–Kier alpha value is 0.100. The lowest BCUT2D eigenvalue weighted by atomic mass is 10.3.